The molecule has 130 valence electrons. The molecule has 0 bridgehead atoms. The summed E-state index contributed by atoms with van der Waals surface area (Å²) in [4.78, 5) is 39.0. The van der Waals surface area contributed by atoms with Crippen LogP contribution in [-0.4, -0.2) is 31.7 Å². The molecular weight excluding hydrogens is 363 g/mol. The smallest absolute Gasteiger partial charge is 0.242 e. The van der Waals surface area contributed by atoms with Crippen molar-refractivity contribution in [2.45, 2.75) is 20.8 Å². The Morgan fingerprint density at radius 3 is 2.09 bits per heavy atom. The zero-order chi connectivity index (χ0) is 15.1. The minimum absolute atomic E-state index is 0. The number of carbonyl (C=O) groups excluding carboxylic acids is 3. The molecule has 0 aromatic heterocycles. The second-order valence-electron chi connectivity index (χ2n) is 5.40. The zero-order valence-electron chi connectivity index (χ0n) is 13.4. The highest BCUT2D eigenvalue weighted by molar-refractivity contribution is 6.20. The monoisotopic (exact) mass is 382 g/mol. The van der Waals surface area contributed by atoms with Crippen LogP contribution in [0.1, 0.15) is 31.1 Å². The topological polar surface area (TPSA) is 57.7 Å². The van der Waals surface area contributed by atoms with E-state index in [0.29, 0.717) is 23.5 Å². The molecular formula is C15H21Cl3N2O3. The lowest BCUT2D eigenvalue weighted by Gasteiger charge is -2.27. The van der Waals surface area contributed by atoms with Gasteiger partial charge in [-0.2, -0.15) is 0 Å². The number of anilines is 2. The Morgan fingerprint density at radius 2 is 1.61 bits per heavy atom. The second-order valence-corrected chi connectivity index (χ2v) is 5.40. The summed E-state index contributed by atoms with van der Waals surface area (Å²) in [6, 6.07) is 5.00. The van der Waals surface area contributed by atoms with Gasteiger partial charge in [0.25, 0.3) is 0 Å². The van der Waals surface area contributed by atoms with Crippen molar-refractivity contribution in [2.24, 2.45) is 5.41 Å². The summed E-state index contributed by atoms with van der Waals surface area (Å²) < 4.78 is 0. The standard InChI is InChI=1S/C15H18N2O3.3ClH/c1-5-17-11-7-6-10(9-18)8-12(11)16(4)13(19)15(2,3)14(17)20;;;/h6-9H,5H2,1-4H3;3*1H. The number of fused-ring (bicyclic) bond motifs is 1. The molecule has 0 saturated heterocycles. The fourth-order valence-corrected chi connectivity index (χ4v) is 2.49. The van der Waals surface area contributed by atoms with E-state index in [1.54, 1.807) is 44.0 Å². The second kappa shape index (κ2) is 8.52. The number of rotatable bonds is 2. The van der Waals surface area contributed by atoms with Crippen LogP contribution in [0.3, 0.4) is 0 Å². The number of benzene rings is 1. The summed E-state index contributed by atoms with van der Waals surface area (Å²) in [5.74, 6) is -0.503. The van der Waals surface area contributed by atoms with E-state index in [1.807, 2.05) is 6.92 Å². The number of hydrogen-bond donors (Lipinski definition) is 0. The van der Waals surface area contributed by atoms with Gasteiger partial charge in [0.05, 0.1) is 11.4 Å². The van der Waals surface area contributed by atoms with Crippen molar-refractivity contribution >= 4 is 66.7 Å². The lowest BCUT2D eigenvalue weighted by Crippen LogP contribution is -2.47. The van der Waals surface area contributed by atoms with Gasteiger partial charge in [0.1, 0.15) is 11.7 Å². The number of halogens is 3. The van der Waals surface area contributed by atoms with Gasteiger partial charge in [0, 0.05) is 19.2 Å². The van der Waals surface area contributed by atoms with Crippen LogP contribution in [0.25, 0.3) is 0 Å². The van der Waals surface area contributed by atoms with Gasteiger partial charge in [-0.05, 0) is 39.0 Å². The first-order valence-electron chi connectivity index (χ1n) is 6.54. The first-order valence-corrected chi connectivity index (χ1v) is 6.54. The van der Waals surface area contributed by atoms with E-state index < -0.39 is 5.41 Å². The minimum atomic E-state index is -1.12. The molecule has 0 aliphatic carbocycles. The molecule has 0 fully saturated rings. The third-order valence-electron chi connectivity index (χ3n) is 3.72. The van der Waals surface area contributed by atoms with Gasteiger partial charge < -0.3 is 9.80 Å². The molecule has 1 aliphatic heterocycles. The Balaban J connectivity index is 0. The molecule has 0 spiro atoms. The lowest BCUT2D eigenvalue weighted by atomic mass is 9.90. The number of nitrogens with zero attached hydrogens (tertiary/aromatic N) is 2. The van der Waals surface area contributed by atoms with Crippen molar-refractivity contribution in [3.05, 3.63) is 23.8 Å². The van der Waals surface area contributed by atoms with Gasteiger partial charge in [-0.3, -0.25) is 14.4 Å². The molecule has 2 amide bonds. The maximum absolute atomic E-state index is 12.6. The third kappa shape index (κ3) is 3.79. The fraction of sp³-hybridized carbons (Fsp3) is 0.400. The number of aldehydes is 1. The molecule has 0 atom stereocenters. The van der Waals surface area contributed by atoms with Crippen molar-refractivity contribution in [1.82, 2.24) is 0 Å². The van der Waals surface area contributed by atoms with Crippen molar-refractivity contribution < 1.29 is 14.4 Å². The molecule has 1 heterocycles. The Kier molecular flexibility index (Phi) is 8.88. The Bertz CT molecular complexity index is 606. The van der Waals surface area contributed by atoms with Gasteiger partial charge in [0.2, 0.25) is 11.8 Å². The molecule has 0 saturated carbocycles. The average Bonchev–Trinajstić information content (AvgIpc) is 2.50. The molecule has 5 nitrogen and oxygen atoms in total. The van der Waals surface area contributed by atoms with E-state index in [2.05, 4.69) is 0 Å². The Labute approximate surface area is 154 Å². The van der Waals surface area contributed by atoms with Crippen LogP contribution in [0.15, 0.2) is 18.2 Å². The van der Waals surface area contributed by atoms with Crippen molar-refractivity contribution in [3.63, 3.8) is 0 Å². The largest absolute Gasteiger partial charge is 0.313 e. The quantitative estimate of drug-likeness (QED) is 0.582. The number of amides is 2. The highest BCUT2D eigenvalue weighted by Gasteiger charge is 2.45. The summed E-state index contributed by atoms with van der Waals surface area (Å²) >= 11 is 0. The molecule has 0 unspecified atom stereocenters. The van der Waals surface area contributed by atoms with Crippen molar-refractivity contribution in [1.29, 1.82) is 0 Å². The number of carbonyl (C=O) groups is 3. The highest BCUT2D eigenvalue weighted by atomic mass is 35.5. The molecule has 23 heavy (non-hydrogen) atoms. The van der Waals surface area contributed by atoms with Crippen LogP contribution in [0, 0.1) is 5.41 Å². The summed E-state index contributed by atoms with van der Waals surface area (Å²) in [5.41, 5.74) is 0.599. The van der Waals surface area contributed by atoms with Crippen LogP contribution in [-0.2, 0) is 9.59 Å². The minimum Gasteiger partial charge on any atom is -0.313 e. The summed E-state index contributed by atoms with van der Waals surface area (Å²) in [5, 5.41) is 0. The molecule has 2 rings (SSSR count). The average molecular weight is 384 g/mol. The van der Waals surface area contributed by atoms with Crippen LogP contribution >= 0.6 is 37.2 Å². The van der Waals surface area contributed by atoms with Crippen LogP contribution < -0.4 is 9.80 Å². The Hall–Kier alpha value is -1.30. The first kappa shape index (κ1) is 24.0. The Morgan fingerprint density at radius 1 is 1.04 bits per heavy atom. The van der Waals surface area contributed by atoms with E-state index in [4.69, 9.17) is 0 Å². The molecule has 8 heteroatoms. The molecule has 0 radical (unpaired) electrons. The van der Waals surface area contributed by atoms with Crippen molar-refractivity contribution in [3.8, 4) is 0 Å². The highest BCUT2D eigenvalue weighted by Crippen LogP contribution is 2.38. The summed E-state index contributed by atoms with van der Waals surface area (Å²) in [6.07, 6.45) is 0.729. The van der Waals surface area contributed by atoms with E-state index in [9.17, 15) is 14.4 Å². The molecule has 1 aromatic rings. The van der Waals surface area contributed by atoms with Crippen molar-refractivity contribution in [2.75, 3.05) is 23.4 Å². The molecule has 0 N–H and O–H groups in total. The summed E-state index contributed by atoms with van der Waals surface area (Å²) in [7, 11) is 1.63. The van der Waals surface area contributed by atoms with E-state index in [0.717, 1.165) is 6.29 Å². The lowest BCUT2D eigenvalue weighted by molar-refractivity contribution is -0.137. The SMILES string of the molecule is CCN1C(=O)C(C)(C)C(=O)N(C)c2cc(C=O)ccc21.Cl.Cl.Cl. The maximum Gasteiger partial charge on any atom is 0.242 e. The molecule has 1 aromatic carbocycles. The normalized spacial score (nSPS) is 15.5. The predicted molar refractivity (Wildman–Crippen MR) is 98.8 cm³/mol. The predicted octanol–water partition coefficient (Wildman–Crippen LogP) is 3.12. The van der Waals surface area contributed by atoms with Crippen LogP contribution in [0.4, 0.5) is 11.4 Å². The fourth-order valence-electron chi connectivity index (χ4n) is 2.49. The molecule has 1 aliphatic rings. The van der Waals surface area contributed by atoms with Gasteiger partial charge >= 0.3 is 0 Å². The zero-order valence-corrected chi connectivity index (χ0v) is 15.8. The maximum atomic E-state index is 12.6. The van der Waals surface area contributed by atoms with E-state index in [-0.39, 0.29) is 49.0 Å². The van der Waals surface area contributed by atoms with Crippen LogP contribution in [0.2, 0.25) is 0 Å². The van der Waals surface area contributed by atoms with E-state index >= 15 is 0 Å². The first-order chi connectivity index (χ1) is 9.34. The van der Waals surface area contributed by atoms with Crippen LogP contribution in [0.5, 0.6) is 0 Å². The van der Waals surface area contributed by atoms with Gasteiger partial charge in [-0.25, -0.2) is 0 Å². The van der Waals surface area contributed by atoms with Gasteiger partial charge in [-0.1, -0.05) is 0 Å². The third-order valence-corrected chi connectivity index (χ3v) is 3.72. The van der Waals surface area contributed by atoms with Gasteiger partial charge in [0.15, 0.2) is 0 Å². The number of hydrogen-bond acceptors (Lipinski definition) is 3. The summed E-state index contributed by atoms with van der Waals surface area (Å²) in [6.45, 7) is 5.59. The van der Waals surface area contributed by atoms with Gasteiger partial charge in [-0.15, -0.1) is 37.2 Å². The van der Waals surface area contributed by atoms with E-state index in [1.165, 1.54) is 4.90 Å².